The molecule has 84 valence electrons. The van der Waals surface area contributed by atoms with E-state index in [1.165, 1.54) is 6.07 Å². The van der Waals surface area contributed by atoms with Crippen LogP contribution in [0.15, 0.2) is 18.2 Å². The maximum Gasteiger partial charge on any atom is 0.123 e. The number of rotatable bonds is 5. The first-order valence-corrected chi connectivity index (χ1v) is 5.40. The topological polar surface area (TPSA) is 15.3 Å². The third kappa shape index (κ3) is 2.93. The normalized spacial score (nSPS) is 10.4. The van der Waals surface area contributed by atoms with Crippen molar-refractivity contribution in [3.63, 3.8) is 0 Å². The smallest absolute Gasteiger partial charge is 0.123 e. The molecule has 0 spiro atoms. The average molecular weight is 210 g/mol. The van der Waals surface area contributed by atoms with Gasteiger partial charge in [-0.1, -0.05) is 0 Å². The van der Waals surface area contributed by atoms with Crippen LogP contribution in [-0.4, -0.2) is 20.1 Å². The van der Waals surface area contributed by atoms with Crippen LogP contribution < -0.4 is 10.2 Å². The van der Waals surface area contributed by atoms with Crippen LogP contribution in [0.3, 0.4) is 0 Å². The van der Waals surface area contributed by atoms with E-state index in [4.69, 9.17) is 0 Å². The number of anilines is 1. The minimum Gasteiger partial charge on any atom is -0.372 e. The van der Waals surface area contributed by atoms with Crippen LogP contribution in [0.2, 0.25) is 0 Å². The molecule has 0 aromatic heterocycles. The van der Waals surface area contributed by atoms with Crippen LogP contribution in [0, 0.1) is 5.82 Å². The van der Waals surface area contributed by atoms with Crippen molar-refractivity contribution in [2.45, 2.75) is 20.4 Å². The minimum atomic E-state index is -0.170. The van der Waals surface area contributed by atoms with Gasteiger partial charge in [-0.25, -0.2) is 4.39 Å². The Bertz CT molecular complexity index is 308. The van der Waals surface area contributed by atoms with E-state index < -0.39 is 0 Å². The highest BCUT2D eigenvalue weighted by Crippen LogP contribution is 2.21. The van der Waals surface area contributed by atoms with E-state index >= 15 is 0 Å². The van der Waals surface area contributed by atoms with Crippen LogP contribution in [0.5, 0.6) is 0 Å². The first-order valence-electron chi connectivity index (χ1n) is 5.40. The van der Waals surface area contributed by atoms with Crippen LogP contribution in [0.1, 0.15) is 19.4 Å². The summed E-state index contributed by atoms with van der Waals surface area (Å²) in [4.78, 5) is 2.23. The molecule has 1 aromatic rings. The van der Waals surface area contributed by atoms with E-state index in [-0.39, 0.29) is 5.82 Å². The Morgan fingerprint density at radius 2 is 1.93 bits per heavy atom. The Kier molecular flexibility index (Phi) is 4.56. The average Bonchev–Trinajstić information content (AvgIpc) is 2.23. The molecule has 0 fully saturated rings. The maximum absolute atomic E-state index is 13.1. The van der Waals surface area contributed by atoms with Gasteiger partial charge in [-0.05, 0) is 44.7 Å². The van der Waals surface area contributed by atoms with Gasteiger partial charge in [0.2, 0.25) is 0 Å². The molecular formula is C12H19FN2. The zero-order chi connectivity index (χ0) is 11.3. The van der Waals surface area contributed by atoms with Crippen molar-refractivity contribution >= 4 is 5.69 Å². The van der Waals surface area contributed by atoms with Crippen LogP contribution in [-0.2, 0) is 6.54 Å². The van der Waals surface area contributed by atoms with Crippen molar-refractivity contribution in [3.05, 3.63) is 29.6 Å². The quantitative estimate of drug-likeness (QED) is 0.802. The molecule has 1 aromatic carbocycles. The minimum absolute atomic E-state index is 0.170. The number of nitrogens with zero attached hydrogens (tertiary/aromatic N) is 1. The Morgan fingerprint density at radius 3 is 2.47 bits per heavy atom. The summed E-state index contributed by atoms with van der Waals surface area (Å²) in [5.74, 6) is -0.170. The summed E-state index contributed by atoms with van der Waals surface area (Å²) in [7, 11) is 1.87. The molecule has 1 N–H and O–H groups in total. The van der Waals surface area contributed by atoms with E-state index in [0.717, 1.165) is 24.3 Å². The molecule has 0 saturated heterocycles. The number of hydrogen-bond acceptors (Lipinski definition) is 2. The molecule has 3 heteroatoms. The summed E-state index contributed by atoms with van der Waals surface area (Å²) < 4.78 is 13.1. The lowest BCUT2D eigenvalue weighted by atomic mass is 10.1. The Balaban J connectivity index is 3.03. The summed E-state index contributed by atoms with van der Waals surface area (Å²) in [6, 6.07) is 4.98. The molecule has 0 aliphatic rings. The summed E-state index contributed by atoms with van der Waals surface area (Å²) in [6.45, 7) is 6.80. The molecule has 0 atom stereocenters. The highest BCUT2D eigenvalue weighted by molar-refractivity contribution is 5.53. The van der Waals surface area contributed by atoms with Crippen molar-refractivity contribution in [2.75, 3.05) is 25.0 Å². The van der Waals surface area contributed by atoms with E-state index in [1.807, 2.05) is 13.1 Å². The van der Waals surface area contributed by atoms with Gasteiger partial charge in [0.15, 0.2) is 0 Å². The second-order valence-corrected chi connectivity index (χ2v) is 3.48. The first kappa shape index (κ1) is 12.0. The number of nitrogens with one attached hydrogen (secondary N) is 1. The lowest BCUT2D eigenvalue weighted by Crippen LogP contribution is -2.24. The van der Waals surface area contributed by atoms with Gasteiger partial charge in [-0.2, -0.15) is 0 Å². The molecule has 0 radical (unpaired) electrons. The van der Waals surface area contributed by atoms with Gasteiger partial charge in [-0.3, -0.25) is 0 Å². The monoisotopic (exact) mass is 210 g/mol. The largest absolute Gasteiger partial charge is 0.372 e. The zero-order valence-electron chi connectivity index (χ0n) is 9.68. The molecule has 0 amide bonds. The van der Waals surface area contributed by atoms with Gasteiger partial charge in [0.25, 0.3) is 0 Å². The summed E-state index contributed by atoms with van der Waals surface area (Å²) in [5, 5.41) is 3.06. The lowest BCUT2D eigenvalue weighted by molar-refractivity contribution is 0.623. The van der Waals surface area contributed by atoms with Crippen molar-refractivity contribution in [2.24, 2.45) is 0 Å². The van der Waals surface area contributed by atoms with Gasteiger partial charge in [-0.15, -0.1) is 0 Å². The fourth-order valence-electron chi connectivity index (χ4n) is 1.76. The number of halogens is 1. The predicted octanol–water partition coefficient (Wildman–Crippen LogP) is 2.39. The molecule has 0 unspecified atom stereocenters. The number of hydrogen-bond donors (Lipinski definition) is 1. The molecule has 0 bridgehead atoms. The van der Waals surface area contributed by atoms with Gasteiger partial charge in [0.05, 0.1) is 0 Å². The van der Waals surface area contributed by atoms with Gasteiger partial charge in [0.1, 0.15) is 5.82 Å². The first-order chi connectivity index (χ1) is 7.22. The molecule has 1 rings (SSSR count). The maximum atomic E-state index is 13.1. The third-order valence-corrected chi connectivity index (χ3v) is 2.51. The van der Waals surface area contributed by atoms with Crippen molar-refractivity contribution in [3.8, 4) is 0 Å². The SMILES string of the molecule is CCN(CC)c1ccc(F)cc1CNC. The highest BCUT2D eigenvalue weighted by atomic mass is 19.1. The third-order valence-electron chi connectivity index (χ3n) is 2.51. The van der Waals surface area contributed by atoms with Gasteiger partial charge >= 0.3 is 0 Å². The summed E-state index contributed by atoms with van der Waals surface area (Å²) in [5.41, 5.74) is 2.14. The molecule has 15 heavy (non-hydrogen) atoms. The second kappa shape index (κ2) is 5.71. The highest BCUT2D eigenvalue weighted by Gasteiger charge is 2.08. The standard InChI is InChI=1S/C12H19FN2/c1-4-15(5-2)12-7-6-11(13)8-10(12)9-14-3/h6-8,14H,4-5,9H2,1-3H3. The van der Waals surface area contributed by atoms with Crippen LogP contribution >= 0.6 is 0 Å². The van der Waals surface area contributed by atoms with Crippen molar-refractivity contribution < 1.29 is 4.39 Å². The van der Waals surface area contributed by atoms with E-state index in [0.29, 0.717) is 6.54 Å². The van der Waals surface area contributed by atoms with E-state index in [2.05, 4.69) is 24.1 Å². The Labute approximate surface area is 91.1 Å². The number of benzene rings is 1. The molecule has 2 nitrogen and oxygen atoms in total. The predicted molar refractivity (Wildman–Crippen MR) is 62.7 cm³/mol. The Hall–Kier alpha value is -1.09. The van der Waals surface area contributed by atoms with E-state index in [1.54, 1.807) is 6.07 Å². The van der Waals surface area contributed by atoms with Crippen LogP contribution in [0.4, 0.5) is 10.1 Å². The van der Waals surface area contributed by atoms with E-state index in [9.17, 15) is 4.39 Å². The molecule has 0 saturated carbocycles. The summed E-state index contributed by atoms with van der Waals surface area (Å²) >= 11 is 0. The zero-order valence-corrected chi connectivity index (χ0v) is 9.68. The molecule has 0 aliphatic carbocycles. The summed E-state index contributed by atoms with van der Waals surface area (Å²) in [6.07, 6.45) is 0. The fourth-order valence-corrected chi connectivity index (χ4v) is 1.76. The van der Waals surface area contributed by atoms with Crippen molar-refractivity contribution in [1.82, 2.24) is 5.32 Å². The molecular weight excluding hydrogens is 191 g/mol. The fraction of sp³-hybridized carbons (Fsp3) is 0.500. The molecule has 0 aliphatic heterocycles. The van der Waals surface area contributed by atoms with Crippen molar-refractivity contribution in [1.29, 1.82) is 0 Å². The lowest BCUT2D eigenvalue weighted by Gasteiger charge is -2.24. The van der Waals surface area contributed by atoms with Gasteiger partial charge < -0.3 is 10.2 Å². The molecule has 0 heterocycles. The van der Waals surface area contributed by atoms with Crippen LogP contribution in [0.25, 0.3) is 0 Å². The second-order valence-electron chi connectivity index (χ2n) is 3.48. The van der Waals surface area contributed by atoms with Gasteiger partial charge in [0, 0.05) is 25.3 Å². The Morgan fingerprint density at radius 1 is 1.27 bits per heavy atom.